The molecule has 26 heavy (non-hydrogen) atoms. The van der Waals surface area contributed by atoms with Gasteiger partial charge in [-0.1, -0.05) is 97.1 Å². The van der Waals surface area contributed by atoms with Crippen molar-refractivity contribution in [2.75, 3.05) is 6.54 Å². The normalized spacial score (nSPS) is 11.5. The minimum atomic E-state index is 0.504. The van der Waals surface area contributed by atoms with Crippen molar-refractivity contribution in [3.05, 3.63) is 102 Å². The highest BCUT2D eigenvalue weighted by Crippen LogP contribution is 2.20. The van der Waals surface area contributed by atoms with Crippen LogP contribution in [-0.4, -0.2) is 17.5 Å². The number of rotatable bonds is 7. The molecule has 0 atom stereocenters. The number of hydrogen-bond donors (Lipinski definition) is 0. The van der Waals surface area contributed by atoms with E-state index in [9.17, 15) is 0 Å². The first-order chi connectivity index (χ1) is 12.7. The fraction of sp³-hybridized carbons (Fsp3) is 0.200. The Bertz CT molecular complexity index is 802. The molecule has 0 bridgehead atoms. The Hall–Kier alpha value is -2.64. The van der Waals surface area contributed by atoms with Crippen LogP contribution in [0, 0.1) is 0 Å². The summed E-state index contributed by atoms with van der Waals surface area (Å²) in [5.41, 5.74) is 5.15. The number of nitrogens with zero attached hydrogens (tertiary/aromatic N) is 1. The van der Waals surface area contributed by atoms with Gasteiger partial charge in [0.2, 0.25) is 0 Å². The Morgan fingerprint density at radius 3 is 1.92 bits per heavy atom. The van der Waals surface area contributed by atoms with Crippen molar-refractivity contribution in [2.45, 2.75) is 26.4 Å². The van der Waals surface area contributed by atoms with E-state index in [1.807, 2.05) is 0 Å². The molecule has 0 unspecified atom stereocenters. The first-order valence-corrected chi connectivity index (χ1v) is 9.32. The fourth-order valence-electron chi connectivity index (χ4n) is 3.01. The number of hydrogen-bond acceptors (Lipinski definition) is 1. The molecule has 1 nitrogen and oxygen atoms in total. The Morgan fingerprint density at radius 1 is 0.731 bits per heavy atom. The van der Waals surface area contributed by atoms with E-state index < -0.39 is 0 Å². The third-order valence-corrected chi connectivity index (χ3v) is 4.63. The molecule has 0 heterocycles. The van der Waals surface area contributed by atoms with Gasteiger partial charge in [-0.15, -0.1) is 0 Å². The van der Waals surface area contributed by atoms with Crippen LogP contribution in [0.2, 0.25) is 0 Å². The molecule has 0 aliphatic carbocycles. The van der Waals surface area contributed by atoms with E-state index in [1.165, 1.54) is 22.3 Å². The van der Waals surface area contributed by atoms with Gasteiger partial charge in [-0.25, -0.2) is 0 Å². The van der Waals surface area contributed by atoms with Crippen LogP contribution < -0.4 is 0 Å². The second-order valence-electron chi connectivity index (χ2n) is 6.90. The van der Waals surface area contributed by atoms with Crippen LogP contribution in [0.15, 0.2) is 91.0 Å². The third-order valence-electron chi connectivity index (χ3n) is 4.63. The molecule has 0 N–H and O–H groups in total. The van der Waals surface area contributed by atoms with E-state index in [-0.39, 0.29) is 0 Å². The highest BCUT2D eigenvalue weighted by molar-refractivity contribution is 5.63. The summed E-state index contributed by atoms with van der Waals surface area (Å²) in [6, 6.07) is 30.5. The highest BCUT2D eigenvalue weighted by atomic mass is 15.1. The molecule has 3 aromatic carbocycles. The maximum atomic E-state index is 2.48. The highest BCUT2D eigenvalue weighted by Gasteiger charge is 2.08. The average Bonchev–Trinajstić information content (AvgIpc) is 2.69. The molecule has 3 aromatic rings. The van der Waals surface area contributed by atoms with Crippen molar-refractivity contribution >= 4 is 6.08 Å². The molecule has 1 heteroatoms. The van der Waals surface area contributed by atoms with Gasteiger partial charge in [-0.05, 0) is 36.1 Å². The monoisotopic (exact) mass is 341 g/mol. The molecular weight excluding hydrogens is 314 g/mol. The summed E-state index contributed by atoms with van der Waals surface area (Å²) in [6.45, 7) is 6.43. The molecule has 0 aromatic heterocycles. The van der Waals surface area contributed by atoms with Gasteiger partial charge in [0.05, 0.1) is 0 Å². The number of benzene rings is 3. The van der Waals surface area contributed by atoms with Gasteiger partial charge in [-0.2, -0.15) is 0 Å². The topological polar surface area (TPSA) is 3.24 Å². The first kappa shape index (κ1) is 18.2. The molecule has 0 aliphatic heterocycles. The molecule has 0 saturated carbocycles. The Labute approximate surface area is 157 Å². The predicted octanol–water partition coefficient (Wildman–Crippen LogP) is 6.28. The van der Waals surface area contributed by atoms with Crippen molar-refractivity contribution < 1.29 is 0 Å². The Kier molecular flexibility index (Phi) is 6.40. The minimum absolute atomic E-state index is 0.504. The lowest BCUT2D eigenvalue weighted by Gasteiger charge is -2.25. The quantitative estimate of drug-likeness (QED) is 0.489. The van der Waals surface area contributed by atoms with Gasteiger partial charge < -0.3 is 0 Å². The molecule has 0 fully saturated rings. The van der Waals surface area contributed by atoms with Gasteiger partial charge >= 0.3 is 0 Å². The lowest BCUT2D eigenvalue weighted by Crippen LogP contribution is -2.30. The summed E-state index contributed by atoms with van der Waals surface area (Å²) >= 11 is 0. The van der Waals surface area contributed by atoms with Crippen LogP contribution >= 0.6 is 0 Å². The standard InChI is InChI=1S/C25H27N/c1-21(2)26(19-9-12-22-10-5-3-6-11-22)20-23-15-17-25(18-16-23)24-13-7-4-8-14-24/h3-18,21H,19-20H2,1-2H3/b12-9+. The summed E-state index contributed by atoms with van der Waals surface area (Å²) in [5, 5.41) is 0. The van der Waals surface area contributed by atoms with E-state index in [0.29, 0.717) is 6.04 Å². The van der Waals surface area contributed by atoms with E-state index in [1.54, 1.807) is 0 Å². The molecule has 0 radical (unpaired) electrons. The predicted molar refractivity (Wildman–Crippen MR) is 113 cm³/mol. The van der Waals surface area contributed by atoms with Gasteiger partial charge in [0.1, 0.15) is 0 Å². The lowest BCUT2D eigenvalue weighted by molar-refractivity contribution is 0.237. The maximum Gasteiger partial charge on any atom is 0.0239 e. The smallest absolute Gasteiger partial charge is 0.0239 e. The van der Waals surface area contributed by atoms with Gasteiger partial charge in [0, 0.05) is 19.1 Å². The zero-order valence-corrected chi connectivity index (χ0v) is 15.7. The van der Waals surface area contributed by atoms with E-state index in [0.717, 1.165) is 13.1 Å². The van der Waals surface area contributed by atoms with Crippen molar-refractivity contribution in [3.63, 3.8) is 0 Å². The van der Waals surface area contributed by atoms with Crippen molar-refractivity contribution in [1.82, 2.24) is 4.90 Å². The Morgan fingerprint density at radius 2 is 1.31 bits per heavy atom. The van der Waals surface area contributed by atoms with Crippen LogP contribution in [-0.2, 0) is 6.54 Å². The van der Waals surface area contributed by atoms with Crippen LogP contribution in [0.5, 0.6) is 0 Å². The lowest BCUT2D eigenvalue weighted by atomic mass is 10.0. The van der Waals surface area contributed by atoms with Crippen molar-refractivity contribution in [1.29, 1.82) is 0 Å². The largest absolute Gasteiger partial charge is 0.293 e. The van der Waals surface area contributed by atoms with E-state index in [2.05, 4.69) is 116 Å². The Balaban J connectivity index is 1.63. The first-order valence-electron chi connectivity index (χ1n) is 9.32. The fourth-order valence-corrected chi connectivity index (χ4v) is 3.01. The van der Waals surface area contributed by atoms with E-state index >= 15 is 0 Å². The summed E-state index contributed by atoms with van der Waals surface area (Å²) < 4.78 is 0. The maximum absolute atomic E-state index is 2.48. The van der Waals surface area contributed by atoms with Gasteiger partial charge in [0.25, 0.3) is 0 Å². The van der Waals surface area contributed by atoms with Crippen molar-refractivity contribution in [2.24, 2.45) is 0 Å². The van der Waals surface area contributed by atoms with Crippen molar-refractivity contribution in [3.8, 4) is 11.1 Å². The van der Waals surface area contributed by atoms with Crippen LogP contribution in [0.3, 0.4) is 0 Å². The molecule has 132 valence electrons. The summed E-state index contributed by atoms with van der Waals surface area (Å²) in [5.74, 6) is 0. The molecule has 0 aliphatic rings. The van der Waals surface area contributed by atoms with Crippen LogP contribution in [0.1, 0.15) is 25.0 Å². The molecule has 3 rings (SSSR count). The third kappa shape index (κ3) is 5.18. The summed E-state index contributed by atoms with van der Waals surface area (Å²) in [6.07, 6.45) is 4.46. The molecular formula is C25H27N. The summed E-state index contributed by atoms with van der Waals surface area (Å²) in [7, 11) is 0. The minimum Gasteiger partial charge on any atom is -0.293 e. The van der Waals surface area contributed by atoms with Gasteiger partial charge in [-0.3, -0.25) is 4.90 Å². The molecule has 0 saturated heterocycles. The van der Waals surface area contributed by atoms with Crippen LogP contribution in [0.25, 0.3) is 17.2 Å². The zero-order valence-electron chi connectivity index (χ0n) is 15.7. The average molecular weight is 341 g/mol. The molecule has 0 amide bonds. The second kappa shape index (κ2) is 9.17. The van der Waals surface area contributed by atoms with Gasteiger partial charge in [0.15, 0.2) is 0 Å². The van der Waals surface area contributed by atoms with E-state index in [4.69, 9.17) is 0 Å². The zero-order chi connectivity index (χ0) is 18.2. The second-order valence-corrected chi connectivity index (χ2v) is 6.90. The summed E-state index contributed by atoms with van der Waals surface area (Å²) in [4.78, 5) is 2.48. The molecule has 0 spiro atoms. The SMILES string of the molecule is CC(C)N(C/C=C/c1ccccc1)Cc1ccc(-c2ccccc2)cc1. The van der Waals surface area contributed by atoms with Crippen LogP contribution in [0.4, 0.5) is 0 Å².